The number of carbonyl (C=O) groups excluding carboxylic acids is 1. The molecule has 0 aliphatic heterocycles. The fraction of sp³-hybridized carbons (Fsp3) is 0.500. The largest absolute Gasteiger partial charge is 0.395 e. The number of hydrogen-bond acceptors (Lipinski definition) is 4. The maximum Gasteiger partial charge on any atom is 0.164 e. The maximum absolute atomic E-state index is 11.5. The van der Waals surface area contributed by atoms with Crippen molar-refractivity contribution in [2.45, 2.75) is 6.42 Å². The van der Waals surface area contributed by atoms with E-state index in [-0.39, 0.29) is 12.4 Å². The minimum absolute atomic E-state index is 0.142. The third-order valence-corrected chi connectivity index (χ3v) is 2.73. The highest BCUT2D eigenvalue weighted by Crippen LogP contribution is 2.08. The predicted molar refractivity (Wildman–Crippen MR) is 57.8 cm³/mol. The zero-order chi connectivity index (χ0) is 10.4. The molecule has 0 radical (unpaired) electrons. The Hall–Kier alpha value is -0.710. The van der Waals surface area contributed by atoms with Gasteiger partial charge in [-0.3, -0.25) is 4.79 Å². The minimum atomic E-state index is 0.142. The Kier molecular flexibility index (Phi) is 4.79. The van der Waals surface area contributed by atoms with E-state index in [1.807, 2.05) is 28.8 Å². The summed E-state index contributed by atoms with van der Waals surface area (Å²) in [4.78, 5) is 13.5. The van der Waals surface area contributed by atoms with Gasteiger partial charge in [-0.2, -0.15) is 11.3 Å². The Balaban J connectivity index is 2.28. The summed E-state index contributed by atoms with van der Waals surface area (Å²) in [6, 6.07) is 1.85. The van der Waals surface area contributed by atoms with E-state index in [0.717, 1.165) is 5.56 Å². The Labute approximate surface area is 88.0 Å². The molecule has 0 fully saturated rings. The number of Topliss-reactive ketones (excluding diaryl/α,β-unsaturated/α-hetero) is 1. The lowest BCUT2D eigenvalue weighted by molar-refractivity contribution is 0.0965. The Bertz CT molecular complexity index is 272. The molecular weight excluding hydrogens is 198 g/mol. The molecular formula is C10H15NO2S. The first kappa shape index (κ1) is 11.4. The van der Waals surface area contributed by atoms with Gasteiger partial charge in [0.1, 0.15) is 0 Å². The number of rotatable bonds is 6. The highest BCUT2D eigenvalue weighted by atomic mass is 32.1. The first-order valence-corrected chi connectivity index (χ1v) is 5.53. The van der Waals surface area contributed by atoms with E-state index in [4.69, 9.17) is 5.11 Å². The Morgan fingerprint density at radius 2 is 2.36 bits per heavy atom. The van der Waals surface area contributed by atoms with Crippen LogP contribution in [0, 0.1) is 0 Å². The van der Waals surface area contributed by atoms with Crippen molar-refractivity contribution in [3.8, 4) is 0 Å². The van der Waals surface area contributed by atoms with E-state index >= 15 is 0 Å². The third-order valence-electron chi connectivity index (χ3n) is 2.05. The molecule has 0 aliphatic carbocycles. The summed E-state index contributed by atoms with van der Waals surface area (Å²) >= 11 is 1.54. The molecule has 1 rings (SSSR count). The molecule has 0 aromatic carbocycles. The summed E-state index contributed by atoms with van der Waals surface area (Å²) in [6.45, 7) is 1.47. The lowest BCUT2D eigenvalue weighted by Crippen LogP contribution is -2.24. The van der Waals surface area contributed by atoms with Crippen molar-refractivity contribution in [2.75, 3.05) is 26.7 Å². The van der Waals surface area contributed by atoms with Crippen molar-refractivity contribution in [1.82, 2.24) is 4.90 Å². The van der Waals surface area contributed by atoms with Crippen LogP contribution in [0.4, 0.5) is 0 Å². The van der Waals surface area contributed by atoms with Gasteiger partial charge < -0.3 is 10.0 Å². The lowest BCUT2D eigenvalue weighted by atomic mass is 10.1. The van der Waals surface area contributed by atoms with Crippen LogP contribution in [0.3, 0.4) is 0 Å². The maximum atomic E-state index is 11.5. The predicted octanol–water partition coefficient (Wildman–Crippen LogP) is 1.24. The molecule has 14 heavy (non-hydrogen) atoms. The second kappa shape index (κ2) is 5.90. The molecule has 1 heterocycles. The zero-order valence-corrected chi connectivity index (χ0v) is 9.09. The van der Waals surface area contributed by atoms with Gasteiger partial charge in [0.2, 0.25) is 0 Å². The number of thiophene rings is 1. The van der Waals surface area contributed by atoms with Gasteiger partial charge in [-0.15, -0.1) is 0 Å². The second-order valence-corrected chi connectivity index (χ2v) is 3.99. The van der Waals surface area contributed by atoms with Crippen LogP contribution in [0.25, 0.3) is 0 Å². The smallest absolute Gasteiger partial charge is 0.164 e. The average Bonchev–Trinajstić information content (AvgIpc) is 2.67. The number of likely N-dealkylation sites (N-methyl/N-ethyl adjacent to an activating group) is 1. The minimum Gasteiger partial charge on any atom is -0.395 e. The van der Waals surface area contributed by atoms with Gasteiger partial charge in [0.15, 0.2) is 5.78 Å². The number of hydrogen-bond donors (Lipinski definition) is 1. The SMILES string of the molecule is CN(CCO)CCC(=O)c1ccsc1. The van der Waals surface area contributed by atoms with Crippen molar-refractivity contribution in [3.63, 3.8) is 0 Å². The molecule has 0 saturated carbocycles. The summed E-state index contributed by atoms with van der Waals surface area (Å²) in [7, 11) is 1.90. The molecule has 1 aromatic rings. The van der Waals surface area contributed by atoms with E-state index in [2.05, 4.69) is 0 Å². The number of aliphatic hydroxyl groups is 1. The van der Waals surface area contributed by atoms with E-state index in [9.17, 15) is 4.79 Å². The van der Waals surface area contributed by atoms with Crippen molar-refractivity contribution < 1.29 is 9.90 Å². The van der Waals surface area contributed by atoms with Crippen LogP contribution in [0.2, 0.25) is 0 Å². The fourth-order valence-corrected chi connectivity index (χ4v) is 1.80. The Morgan fingerprint density at radius 1 is 1.57 bits per heavy atom. The monoisotopic (exact) mass is 213 g/mol. The van der Waals surface area contributed by atoms with Crippen LogP contribution in [-0.2, 0) is 0 Å². The van der Waals surface area contributed by atoms with Crippen LogP contribution < -0.4 is 0 Å². The topological polar surface area (TPSA) is 40.5 Å². The highest BCUT2D eigenvalue weighted by Gasteiger charge is 2.07. The lowest BCUT2D eigenvalue weighted by Gasteiger charge is -2.13. The van der Waals surface area contributed by atoms with Gasteiger partial charge in [0.05, 0.1) is 6.61 Å². The zero-order valence-electron chi connectivity index (χ0n) is 8.27. The quantitative estimate of drug-likeness (QED) is 0.723. The van der Waals surface area contributed by atoms with Gasteiger partial charge in [-0.1, -0.05) is 0 Å². The fourth-order valence-electron chi connectivity index (χ4n) is 1.14. The standard InChI is InChI=1S/C10H15NO2S/c1-11(5-6-12)4-2-10(13)9-3-7-14-8-9/h3,7-8,12H,2,4-6H2,1H3. The number of nitrogens with zero attached hydrogens (tertiary/aromatic N) is 1. The molecule has 0 atom stereocenters. The molecule has 4 heteroatoms. The molecule has 0 aliphatic rings. The van der Waals surface area contributed by atoms with Crippen LogP contribution in [0.15, 0.2) is 16.8 Å². The Morgan fingerprint density at radius 3 is 2.93 bits per heavy atom. The third kappa shape index (κ3) is 3.57. The summed E-state index contributed by atoms with van der Waals surface area (Å²) in [5, 5.41) is 12.4. The molecule has 0 unspecified atom stereocenters. The molecule has 1 N–H and O–H groups in total. The van der Waals surface area contributed by atoms with Gasteiger partial charge in [0.25, 0.3) is 0 Å². The normalized spacial score (nSPS) is 10.8. The van der Waals surface area contributed by atoms with Gasteiger partial charge >= 0.3 is 0 Å². The molecule has 0 spiro atoms. The van der Waals surface area contributed by atoms with Crippen molar-refractivity contribution >= 4 is 17.1 Å². The number of carbonyl (C=O) groups is 1. The van der Waals surface area contributed by atoms with E-state index in [1.165, 1.54) is 11.3 Å². The molecule has 3 nitrogen and oxygen atoms in total. The summed E-state index contributed by atoms with van der Waals surface area (Å²) < 4.78 is 0. The summed E-state index contributed by atoms with van der Waals surface area (Å²) in [5.41, 5.74) is 0.799. The first-order chi connectivity index (χ1) is 6.74. The summed E-state index contributed by atoms with van der Waals surface area (Å²) in [5.74, 6) is 0.177. The van der Waals surface area contributed by atoms with Crippen LogP contribution in [0.1, 0.15) is 16.8 Å². The van der Waals surface area contributed by atoms with Crippen LogP contribution in [-0.4, -0.2) is 42.5 Å². The highest BCUT2D eigenvalue weighted by molar-refractivity contribution is 7.08. The number of ketones is 1. The van der Waals surface area contributed by atoms with Gasteiger partial charge in [-0.25, -0.2) is 0 Å². The van der Waals surface area contributed by atoms with Crippen molar-refractivity contribution in [1.29, 1.82) is 0 Å². The van der Waals surface area contributed by atoms with Gasteiger partial charge in [-0.05, 0) is 18.5 Å². The van der Waals surface area contributed by atoms with E-state index < -0.39 is 0 Å². The van der Waals surface area contributed by atoms with Crippen LogP contribution >= 0.6 is 11.3 Å². The van der Waals surface area contributed by atoms with Crippen molar-refractivity contribution in [2.24, 2.45) is 0 Å². The first-order valence-electron chi connectivity index (χ1n) is 4.59. The molecule has 0 saturated heterocycles. The molecule has 1 aromatic heterocycles. The van der Waals surface area contributed by atoms with Crippen LogP contribution in [0.5, 0.6) is 0 Å². The van der Waals surface area contributed by atoms with E-state index in [0.29, 0.717) is 19.5 Å². The summed E-state index contributed by atoms with van der Waals surface area (Å²) in [6.07, 6.45) is 0.521. The van der Waals surface area contributed by atoms with Crippen molar-refractivity contribution in [3.05, 3.63) is 22.4 Å². The van der Waals surface area contributed by atoms with E-state index in [1.54, 1.807) is 0 Å². The molecule has 78 valence electrons. The number of aliphatic hydroxyl groups excluding tert-OH is 1. The molecule has 0 amide bonds. The molecule has 0 bridgehead atoms. The second-order valence-electron chi connectivity index (χ2n) is 3.21. The average molecular weight is 213 g/mol. The van der Waals surface area contributed by atoms with Gasteiger partial charge in [0, 0.05) is 30.5 Å².